The molecule has 29 heavy (non-hydrogen) atoms. The number of hydrogen-bond acceptors (Lipinski definition) is 6. The van der Waals surface area contributed by atoms with E-state index in [0.29, 0.717) is 30.5 Å². The molecule has 1 aliphatic rings. The highest BCUT2D eigenvalue weighted by Gasteiger charge is 2.38. The van der Waals surface area contributed by atoms with Gasteiger partial charge < -0.3 is 24.0 Å². The van der Waals surface area contributed by atoms with Crippen molar-refractivity contribution < 1.29 is 32.4 Å². The Morgan fingerprint density at radius 3 is 2.52 bits per heavy atom. The van der Waals surface area contributed by atoms with Gasteiger partial charge in [-0.2, -0.15) is 13.2 Å². The van der Waals surface area contributed by atoms with Crippen LogP contribution in [0.5, 0.6) is 0 Å². The van der Waals surface area contributed by atoms with Crippen molar-refractivity contribution in [3.8, 4) is 0 Å². The zero-order valence-electron chi connectivity index (χ0n) is 16.2. The van der Waals surface area contributed by atoms with Gasteiger partial charge in [-0.3, -0.25) is 4.79 Å². The molecule has 0 saturated heterocycles. The number of aliphatic carboxylic acids is 1. The SMILES string of the molecule is Cc1cc(C(=O)N2Cc3nccn3CC(CN(C)C)C2)no1.O=C(O)C(F)(F)F. The highest BCUT2D eigenvalue weighted by molar-refractivity contribution is 5.92. The molecule has 3 heterocycles. The van der Waals surface area contributed by atoms with Gasteiger partial charge in [0.25, 0.3) is 5.91 Å². The van der Waals surface area contributed by atoms with Gasteiger partial charge in [-0.15, -0.1) is 0 Å². The Morgan fingerprint density at radius 1 is 1.34 bits per heavy atom. The monoisotopic (exact) mass is 417 g/mol. The number of aromatic nitrogens is 3. The lowest BCUT2D eigenvalue weighted by Crippen LogP contribution is -2.37. The van der Waals surface area contributed by atoms with Gasteiger partial charge in [0.2, 0.25) is 0 Å². The van der Waals surface area contributed by atoms with Gasteiger partial charge in [0.1, 0.15) is 11.6 Å². The summed E-state index contributed by atoms with van der Waals surface area (Å²) in [7, 11) is 4.10. The van der Waals surface area contributed by atoms with Gasteiger partial charge in [-0.1, -0.05) is 5.16 Å². The summed E-state index contributed by atoms with van der Waals surface area (Å²) in [4.78, 5) is 29.9. The Hall–Kier alpha value is -2.89. The summed E-state index contributed by atoms with van der Waals surface area (Å²) >= 11 is 0. The normalized spacial score (nSPS) is 16.7. The molecule has 0 spiro atoms. The van der Waals surface area contributed by atoms with E-state index in [4.69, 9.17) is 14.4 Å². The number of halogens is 3. The van der Waals surface area contributed by atoms with Crippen molar-refractivity contribution in [2.45, 2.75) is 26.2 Å². The van der Waals surface area contributed by atoms with Crippen LogP contribution < -0.4 is 0 Å². The van der Waals surface area contributed by atoms with Crippen LogP contribution in [0.25, 0.3) is 0 Å². The molecule has 9 nitrogen and oxygen atoms in total. The Labute approximate surface area is 164 Å². The summed E-state index contributed by atoms with van der Waals surface area (Å²) in [6.07, 6.45) is -1.32. The maximum Gasteiger partial charge on any atom is 0.490 e. The van der Waals surface area contributed by atoms with Crippen molar-refractivity contribution >= 4 is 11.9 Å². The van der Waals surface area contributed by atoms with Gasteiger partial charge in [-0.05, 0) is 21.0 Å². The fraction of sp³-hybridized carbons (Fsp3) is 0.529. The number of carboxylic acids is 1. The minimum absolute atomic E-state index is 0.0999. The van der Waals surface area contributed by atoms with Crippen molar-refractivity contribution in [2.75, 3.05) is 27.2 Å². The van der Waals surface area contributed by atoms with E-state index in [1.54, 1.807) is 19.2 Å². The van der Waals surface area contributed by atoms with E-state index in [-0.39, 0.29) is 5.91 Å². The zero-order valence-corrected chi connectivity index (χ0v) is 16.2. The van der Waals surface area contributed by atoms with E-state index in [9.17, 15) is 18.0 Å². The van der Waals surface area contributed by atoms with Crippen molar-refractivity contribution in [3.63, 3.8) is 0 Å². The number of nitrogens with zero attached hydrogens (tertiary/aromatic N) is 5. The third kappa shape index (κ3) is 6.31. The van der Waals surface area contributed by atoms with Crippen LogP contribution in [-0.2, 0) is 17.9 Å². The molecule has 0 aliphatic carbocycles. The first kappa shape index (κ1) is 22.4. The van der Waals surface area contributed by atoms with E-state index in [2.05, 4.69) is 19.6 Å². The average molecular weight is 417 g/mol. The van der Waals surface area contributed by atoms with Crippen LogP contribution in [0.3, 0.4) is 0 Å². The molecule has 1 atom stereocenters. The molecule has 0 saturated carbocycles. The van der Waals surface area contributed by atoms with Crippen molar-refractivity contribution in [2.24, 2.45) is 5.92 Å². The Morgan fingerprint density at radius 2 is 2.00 bits per heavy atom. The number of carbonyl (C=O) groups excluding carboxylic acids is 1. The van der Waals surface area contributed by atoms with Crippen LogP contribution in [-0.4, -0.2) is 74.9 Å². The van der Waals surface area contributed by atoms with Gasteiger partial charge in [0.15, 0.2) is 5.69 Å². The van der Waals surface area contributed by atoms with Crippen LogP contribution in [0.15, 0.2) is 23.0 Å². The second-order valence-corrected chi connectivity index (χ2v) is 6.94. The van der Waals surface area contributed by atoms with E-state index in [1.165, 1.54) is 0 Å². The van der Waals surface area contributed by atoms with E-state index in [0.717, 1.165) is 18.9 Å². The number of carbonyl (C=O) groups is 2. The lowest BCUT2D eigenvalue weighted by Gasteiger charge is -2.25. The Bertz CT molecular complexity index is 846. The maximum atomic E-state index is 12.7. The zero-order chi connectivity index (χ0) is 21.8. The summed E-state index contributed by atoms with van der Waals surface area (Å²) in [5.74, 6) is -0.953. The third-order valence-electron chi connectivity index (χ3n) is 4.07. The topological polar surface area (TPSA) is 105 Å². The lowest BCUT2D eigenvalue weighted by molar-refractivity contribution is -0.192. The van der Waals surface area contributed by atoms with Crippen LogP contribution in [0, 0.1) is 12.8 Å². The summed E-state index contributed by atoms with van der Waals surface area (Å²) in [5, 5.41) is 11.0. The number of imidazole rings is 1. The van der Waals surface area contributed by atoms with Crippen LogP contribution in [0.4, 0.5) is 13.2 Å². The molecular weight excluding hydrogens is 395 g/mol. The first-order chi connectivity index (χ1) is 13.5. The first-order valence-electron chi connectivity index (χ1n) is 8.64. The smallest absolute Gasteiger partial charge is 0.475 e. The molecule has 1 aliphatic heterocycles. The molecular formula is C17H22F3N5O4. The predicted molar refractivity (Wildman–Crippen MR) is 93.9 cm³/mol. The van der Waals surface area contributed by atoms with Crippen molar-refractivity contribution in [3.05, 3.63) is 35.7 Å². The second kappa shape index (κ2) is 9.07. The second-order valence-electron chi connectivity index (χ2n) is 6.94. The maximum absolute atomic E-state index is 12.7. The molecule has 12 heteroatoms. The summed E-state index contributed by atoms with van der Waals surface area (Å²) in [5.41, 5.74) is 0.362. The third-order valence-corrected chi connectivity index (χ3v) is 4.07. The van der Waals surface area contributed by atoms with Crippen LogP contribution >= 0.6 is 0 Å². The molecule has 1 amide bonds. The van der Waals surface area contributed by atoms with Crippen molar-refractivity contribution in [1.82, 2.24) is 24.5 Å². The molecule has 0 fully saturated rings. The molecule has 0 bridgehead atoms. The summed E-state index contributed by atoms with van der Waals surface area (Å²) in [6.45, 7) is 4.76. The average Bonchev–Trinajstić information content (AvgIpc) is 3.18. The standard InChI is InChI=1S/C15H21N5O2.C2HF3O2/c1-11-6-13(17-22-11)15(21)20-9-12(7-18(2)3)8-19-5-4-16-14(19)10-20;3-2(4,5)1(6)7/h4-6,12H,7-10H2,1-3H3;(H,6,7). The van der Waals surface area contributed by atoms with Gasteiger partial charge in [-0.25, -0.2) is 9.78 Å². The fourth-order valence-electron chi connectivity index (χ4n) is 2.96. The van der Waals surface area contributed by atoms with Crippen LogP contribution in [0.1, 0.15) is 22.1 Å². The van der Waals surface area contributed by atoms with Gasteiger partial charge in [0.05, 0.1) is 6.54 Å². The lowest BCUT2D eigenvalue weighted by atomic mass is 10.1. The summed E-state index contributed by atoms with van der Waals surface area (Å²) in [6, 6.07) is 1.68. The number of carboxylic acid groups (broad SMARTS) is 1. The number of rotatable bonds is 3. The minimum atomic E-state index is -5.08. The highest BCUT2D eigenvalue weighted by Crippen LogP contribution is 2.18. The highest BCUT2D eigenvalue weighted by atomic mass is 19.4. The number of alkyl halides is 3. The Kier molecular flexibility index (Phi) is 7.01. The molecule has 0 aromatic carbocycles. The molecule has 1 N–H and O–H groups in total. The fourth-order valence-corrected chi connectivity index (χ4v) is 2.96. The largest absolute Gasteiger partial charge is 0.490 e. The predicted octanol–water partition coefficient (Wildman–Crippen LogP) is 1.65. The quantitative estimate of drug-likeness (QED) is 0.810. The van der Waals surface area contributed by atoms with Gasteiger partial charge >= 0.3 is 12.1 Å². The van der Waals surface area contributed by atoms with E-state index < -0.39 is 12.1 Å². The van der Waals surface area contributed by atoms with E-state index >= 15 is 0 Å². The summed E-state index contributed by atoms with van der Waals surface area (Å²) < 4.78 is 38.9. The van der Waals surface area contributed by atoms with E-state index in [1.807, 2.05) is 25.2 Å². The number of aryl methyl sites for hydroxylation is 1. The Balaban J connectivity index is 0.000000370. The molecule has 0 radical (unpaired) electrons. The number of hydrogen-bond donors (Lipinski definition) is 1. The van der Waals surface area contributed by atoms with Gasteiger partial charge in [0, 0.05) is 44.0 Å². The molecule has 160 valence electrons. The number of fused-ring (bicyclic) bond motifs is 1. The number of amides is 1. The molecule has 2 aromatic rings. The molecule has 3 rings (SSSR count). The van der Waals surface area contributed by atoms with Crippen molar-refractivity contribution in [1.29, 1.82) is 0 Å². The molecule has 1 unspecified atom stereocenters. The van der Waals surface area contributed by atoms with Crippen LogP contribution in [0.2, 0.25) is 0 Å². The first-order valence-corrected chi connectivity index (χ1v) is 8.64. The minimum Gasteiger partial charge on any atom is -0.475 e. The molecule has 2 aromatic heterocycles.